The molecule has 3 nitrogen and oxygen atoms in total. The number of amides is 1. The molecule has 0 aliphatic rings. The second-order valence-corrected chi connectivity index (χ2v) is 4.71. The summed E-state index contributed by atoms with van der Waals surface area (Å²) in [6.07, 6.45) is 3.44. The van der Waals surface area contributed by atoms with Crippen LogP contribution in [0, 0.1) is 0 Å². The van der Waals surface area contributed by atoms with Crippen LogP contribution in [0.25, 0.3) is 0 Å². The highest BCUT2D eigenvalue weighted by Gasteiger charge is 2.06. The van der Waals surface area contributed by atoms with Crippen LogP contribution < -0.4 is 5.32 Å². The fourth-order valence-electron chi connectivity index (χ4n) is 1.85. The van der Waals surface area contributed by atoms with Gasteiger partial charge in [0.1, 0.15) is 0 Å². The summed E-state index contributed by atoms with van der Waals surface area (Å²) in [5.74, 6) is 0.115. The topological polar surface area (TPSA) is 32.3 Å². The summed E-state index contributed by atoms with van der Waals surface area (Å²) in [5.41, 5.74) is 1.23. The molecule has 0 atom stereocenters. The Balaban J connectivity index is 2.19. The molecular weight excluding hydrogens is 224 g/mol. The molecular formula is C15H24N2O. The number of rotatable bonds is 8. The Kier molecular flexibility index (Phi) is 7.11. The smallest absolute Gasteiger partial charge is 0.234 e. The van der Waals surface area contributed by atoms with Crippen molar-refractivity contribution in [3.8, 4) is 0 Å². The number of carbonyl (C=O) groups is 1. The Hall–Kier alpha value is -1.35. The molecule has 0 saturated carbocycles. The Morgan fingerprint density at radius 2 is 1.94 bits per heavy atom. The van der Waals surface area contributed by atoms with Gasteiger partial charge in [0.05, 0.1) is 6.54 Å². The van der Waals surface area contributed by atoms with Gasteiger partial charge in [-0.25, -0.2) is 0 Å². The minimum absolute atomic E-state index is 0.115. The van der Waals surface area contributed by atoms with Crippen LogP contribution in [-0.4, -0.2) is 30.9 Å². The molecule has 1 aromatic carbocycles. The third-order valence-corrected chi connectivity index (χ3v) is 2.81. The molecule has 0 fully saturated rings. The van der Waals surface area contributed by atoms with Gasteiger partial charge in [0.15, 0.2) is 0 Å². The fourth-order valence-corrected chi connectivity index (χ4v) is 1.85. The summed E-state index contributed by atoms with van der Waals surface area (Å²) in [4.78, 5) is 13.7. The quantitative estimate of drug-likeness (QED) is 0.717. The number of nitrogens with one attached hydrogen (secondary N) is 1. The molecule has 1 aromatic rings. The molecule has 0 radical (unpaired) electrons. The van der Waals surface area contributed by atoms with E-state index in [0.29, 0.717) is 6.54 Å². The molecule has 0 aliphatic heterocycles. The van der Waals surface area contributed by atoms with E-state index < -0.39 is 0 Å². The first-order valence-corrected chi connectivity index (χ1v) is 6.71. The van der Waals surface area contributed by atoms with Gasteiger partial charge in [0.25, 0.3) is 0 Å². The van der Waals surface area contributed by atoms with Crippen molar-refractivity contribution in [2.75, 3.05) is 20.1 Å². The van der Waals surface area contributed by atoms with Crippen LogP contribution in [0.15, 0.2) is 30.3 Å². The van der Waals surface area contributed by atoms with E-state index in [4.69, 9.17) is 0 Å². The number of benzene rings is 1. The van der Waals surface area contributed by atoms with Crippen molar-refractivity contribution in [1.29, 1.82) is 0 Å². The predicted molar refractivity (Wildman–Crippen MR) is 75.3 cm³/mol. The van der Waals surface area contributed by atoms with Crippen LogP contribution in [0.2, 0.25) is 0 Å². The summed E-state index contributed by atoms with van der Waals surface area (Å²) in [5, 5.41) is 2.95. The van der Waals surface area contributed by atoms with Gasteiger partial charge in [-0.1, -0.05) is 50.1 Å². The van der Waals surface area contributed by atoms with Crippen molar-refractivity contribution in [1.82, 2.24) is 10.2 Å². The average molecular weight is 248 g/mol. The van der Waals surface area contributed by atoms with E-state index in [1.807, 2.05) is 30.1 Å². The Labute approximate surface area is 110 Å². The van der Waals surface area contributed by atoms with E-state index in [1.165, 1.54) is 18.4 Å². The second kappa shape index (κ2) is 8.70. The number of likely N-dealkylation sites (N-methyl/N-ethyl adjacent to an activating group) is 1. The molecule has 1 amide bonds. The lowest BCUT2D eigenvalue weighted by molar-refractivity contribution is -0.122. The van der Waals surface area contributed by atoms with Crippen LogP contribution in [0.4, 0.5) is 0 Å². The summed E-state index contributed by atoms with van der Waals surface area (Å²) in [7, 11) is 1.97. The zero-order chi connectivity index (χ0) is 13.2. The first kappa shape index (κ1) is 14.7. The maximum absolute atomic E-state index is 11.7. The van der Waals surface area contributed by atoms with Crippen molar-refractivity contribution in [3.05, 3.63) is 35.9 Å². The zero-order valence-electron chi connectivity index (χ0n) is 11.5. The molecule has 0 aliphatic carbocycles. The van der Waals surface area contributed by atoms with E-state index in [2.05, 4.69) is 24.4 Å². The lowest BCUT2D eigenvalue weighted by Gasteiger charge is -2.16. The summed E-state index contributed by atoms with van der Waals surface area (Å²) in [6.45, 7) is 4.23. The minimum Gasteiger partial charge on any atom is -0.355 e. The van der Waals surface area contributed by atoms with Gasteiger partial charge in [0.2, 0.25) is 5.91 Å². The molecule has 18 heavy (non-hydrogen) atoms. The predicted octanol–water partition coefficient (Wildman–Crippen LogP) is 2.42. The molecule has 0 heterocycles. The normalized spacial score (nSPS) is 10.6. The molecule has 0 bridgehead atoms. The number of unbranched alkanes of at least 4 members (excludes halogenated alkanes) is 2. The van der Waals surface area contributed by atoms with Crippen LogP contribution in [0.1, 0.15) is 31.7 Å². The fraction of sp³-hybridized carbons (Fsp3) is 0.533. The molecule has 0 aromatic heterocycles. The van der Waals surface area contributed by atoms with Gasteiger partial charge < -0.3 is 5.32 Å². The molecule has 0 spiro atoms. The SMILES string of the molecule is CCCCCNC(=O)CN(C)Cc1ccccc1. The van der Waals surface area contributed by atoms with Crippen molar-refractivity contribution < 1.29 is 4.79 Å². The molecule has 1 N–H and O–H groups in total. The standard InChI is InChI=1S/C15H24N2O/c1-3-4-8-11-16-15(18)13-17(2)12-14-9-6-5-7-10-14/h5-7,9-10H,3-4,8,11-13H2,1-2H3,(H,16,18). The van der Waals surface area contributed by atoms with Crippen molar-refractivity contribution >= 4 is 5.91 Å². The van der Waals surface area contributed by atoms with Crippen LogP contribution >= 0.6 is 0 Å². The van der Waals surface area contributed by atoms with Crippen molar-refractivity contribution in [3.63, 3.8) is 0 Å². The first-order valence-electron chi connectivity index (χ1n) is 6.71. The maximum Gasteiger partial charge on any atom is 0.234 e. The molecule has 100 valence electrons. The molecule has 1 rings (SSSR count). The van der Waals surface area contributed by atoms with E-state index in [0.717, 1.165) is 19.5 Å². The van der Waals surface area contributed by atoms with E-state index >= 15 is 0 Å². The highest BCUT2D eigenvalue weighted by atomic mass is 16.2. The highest BCUT2D eigenvalue weighted by molar-refractivity contribution is 5.77. The number of hydrogen-bond donors (Lipinski definition) is 1. The third kappa shape index (κ3) is 6.40. The summed E-state index contributed by atoms with van der Waals surface area (Å²) in [6, 6.07) is 10.2. The largest absolute Gasteiger partial charge is 0.355 e. The Bertz CT molecular complexity index is 338. The molecule has 0 unspecified atom stereocenters. The van der Waals surface area contributed by atoms with E-state index in [1.54, 1.807) is 0 Å². The monoisotopic (exact) mass is 248 g/mol. The van der Waals surface area contributed by atoms with E-state index in [9.17, 15) is 4.79 Å². The zero-order valence-corrected chi connectivity index (χ0v) is 11.5. The number of carbonyl (C=O) groups excluding carboxylic acids is 1. The maximum atomic E-state index is 11.7. The second-order valence-electron chi connectivity index (χ2n) is 4.71. The highest BCUT2D eigenvalue weighted by Crippen LogP contribution is 2.01. The molecule has 3 heteroatoms. The van der Waals surface area contributed by atoms with Crippen LogP contribution in [-0.2, 0) is 11.3 Å². The van der Waals surface area contributed by atoms with Gasteiger partial charge in [-0.05, 0) is 19.0 Å². The van der Waals surface area contributed by atoms with Crippen molar-refractivity contribution in [2.45, 2.75) is 32.7 Å². The molecule has 0 saturated heterocycles. The van der Waals surface area contributed by atoms with Gasteiger partial charge in [0, 0.05) is 13.1 Å². The minimum atomic E-state index is 0.115. The Morgan fingerprint density at radius 1 is 1.22 bits per heavy atom. The van der Waals surface area contributed by atoms with Gasteiger partial charge in [-0.15, -0.1) is 0 Å². The van der Waals surface area contributed by atoms with Gasteiger partial charge >= 0.3 is 0 Å². The van der Waals surface area contributed by atoms with Crippen LogP contribution in [0.3, 0.4) is 0 Å². The summed E-state index contributed by atoms with van der Waals surface area (Å²) < 4.78 is 0. The third-order valence-electron chi connectivity index (χ3n) is 2.81. The first-order chi connectivity index (χ1) is 8.72. The van der Waals surface area contributed by atoms with Gasteiger partial charge in [-0.3, -0.25) is 9.69 Å². The van der Waals surface area contributed by atoms with Crippen LogP contribution in [0.5, 0.6) is 0 Å². The van der Waals surface area contributed by atoms with E-state index in [-0.39, 0.29) is 5.91 Å². The lowest BCUT2D eigenvalue weighted by Crippen LogP contribution is -2.35. The number of hydrogen-bond acceptors (Lipinski definition) is 2. The van der Waals surface area contributed by atoms with Crippen molar-refractivity contribution in [2.24, 2.45) is 0 Å². The van der Waals surface area contributed by atoms with Gasteiger partial charge in [-0.2, -0.15) is 0 Å². The summed E-state index contributed by atoms with van der Waals surface area (Å²) >= 11 is 0. The average Bonchev–Trinajstić information content (AvgIpc) is 2.35. The number of nitrogens with zero attached hydrogens (tertiary/aromatic N) is 1. The lowest BCUT2D eigenvalue weighted by atomic mass is 10.2. The Morgan fingerprint density at radius 3 is 2.61 bits per heavy atom.